The Bertz CT molecular complexity index is 1020. The SMILES string of the molecule is Cc1cc(C)n2ncc(C(=O)N3C[C@@H](C(=O)O)c4ccccc43)c2n1. The monoisotopic (exact) mass is 336 g/mol. The van der Waals surface area contributed by atoms with Gasteiger partial charge in [0.25, 0.3) is 5.91 Å². The average molecular weight is 336 g/mol. The molecule has 7 nitrogen and oxygen atoms in total. The molecular weight excluding hydrogens is 320 g/mol. The molecule has 0 aliphatic carbocycles. The number of aromatic nitrogens is 3. The fraction of sp³-hybridized carbons (Fsp3) is 0.222. The third-order valence-corrected chi connectivity index (χ3v) is 4.52. The summed E-state index contributed by atoms with van der Waals surface area (Å²) >= 11 is 0. The predicted molar refractivity (Wildman–Crippen MR) is 91.0 cm³/mol. The molecular formula is C18H16N4O3. The number of aliphatic carboxylic acids is 1. The summed E-state index contributed by atoms with van der Waals surface area (Å²) in [6.45, 7) is 3.87. The normalized spacial score (nSPS) is 16.2. The van der Waals surface area contributed by atoms with Crippen molar-refractivity contribution in [2.24, 2.45) is 0 Å². The lowest BCUT2D eigenvalue weighted by Crippen LogP contribution is -2.31. The van der Waals surface area contributed by atoms with Crippen LogP contribution >= 0.6 is 0 Å². The van der Waals surface area contributed by atoms with Gasteiger partial charge in [0.15, 0.2) is 5.65 Å². The molecule has 0 radical (unpaired) electrons. The second-order valence-electron chi connectivity index (χ2n) is 6.20. The Hall–Kier alpha value is -3.22. The molecule has 1 aliphatic rings. The van der Waals surface area contributed by atoms with E-state index in [0.717, 1.165) is 11.4 Å². The summed E-state index contributed by atoms with van der Waals surface area (Å²) in [6, 6.07) is 8.99. The Morgan fingerprint density at radius 2 is 2.00 bits per heavy atom. The molecule has 1 N–H and O–H groups in total. The smallest absolute Gasteiger partial charge is 0.312 e. The largest absolute Gasteiger partial charge is 0.481 e. The molecule has 1 amide bonds. The van der Waals surface area contributed by atoms with Gasteiger partial charge in [0.1, 0.15) is 11.5 Å². The molecule has 1 atom stereocenters. The van der Waals surface area contributed by atoms with Crippen molar-refractivity contribution in [3.8, 4) is 0 Å². The number of para-hydroxylation sites is 1. The predicted octanol–water partition coefficient (Wildman–Crippen LogP) is 2.17. The van der Waals surface area contributed by atoms with E-state index in [1.807, 2.05) is 19.9 Å². The molecule has 0 bridgehead atoms. The summed E-state index contributed by atoms with van der Waals surface area (Å²) in [6.07, 6.45) is 1.49. The summed E-state index contributed by atoms with van der Waals surface area (Å²) < 4.78 is 1.62. The van der Waals surface area contributed by atoms with Crippen molar-refractivity contribution in [2.45, 2.75) is 19.8 Å². The molecule has 25 heavy (non-hydrogen) atoms. The fourth-order valence-corrected chi connectivity index (χ4v) is 3.38. The highest BCUT2D eigenvalue weighted by atomic mass is 16.4. The molecule has 1 aliphatic heterocycles. The van der Waals surface area contributed by atoms with Gasteiger partial charge >= 0.3 is 5.97 Å². The molecule has 0 fully saturated rings. The van der Waals surface area contributed by atoms with Crippen molar-refractivity contribution >= 4 is 23.2 Å². The number of carbonyl (C=O) groups is 2. The van der Waals surface area contributed by atoms with Crippen LogP contribution in [0.5, 0.6) is 0 Å². The van der Waals surface area contributed by atoms with Gasteiger partial charge in [0.2, 0.25) is 0 Å². The topological polar surface area (TPSA) is 87.8 Å². The van der Waals surface area contributed by atoms with Crippen LogP contribution in [0.25, 0.3) is 5.65 Å². The average Bonchev–Trinajstić information content (AvgIpc) is 3.16. The maximum Gasteiger partial charge on any atom is 0.312 e. The number of hydrogen-bond donors (Lipinski definition) is 1. The van der Waals surface area contributed by atoms with E-state index in [1.165, 1.54) is 11.1 Å². The molecule has 2 aromatic heterocycles. The quantitative estimate of drug-likeness (QED) is 0.775. The maximum absolute atomic E-state index is 13.1. The van der Waals surface area contributed by atoms with E-state index in [2.05, 4.69) is 10.1 Å². The summed E-state index contributed by atoms with van der Waals surface area (Å²) in [4.78, 5) is 30.6. The number of anilines is 1. The number of fused-ring (bicyclic) bond motifs is 2. The summed E-state index contributed by atoms with van der Waals surface area (Å²) in [5.41, 5.74) is 3.81. The van der Waals surface area contributed by atoms with E-state index in [0.29, 0.717) is 22.5 Å². The van der Waals surface area contributed by atoms with Crippen LogP contribution in [0.1, 0.15) is 33.2 Å². The zero-order valence-electron chi connectivity index (χ0n) is 13.8. The molecule has 0 saturated heterocycles. The third-order valence-electron chi connectivity index (χ3n) is 4.52. The number of rotatable bonds is 2. The van der Waals surface area contributed by atoms with Crippen LogP contribution < -0.4 is 4.90 Å². The van der Waals surface area contributed by atoms with Crippen molar-refractivity contribution in [1.82, 2.24) is 14.6 Å². The first-order valence-electron chi connectivity index (χ1n) is 7.93. The lowest BCUT2D eigenvalue weighted by molar-refractivity contribution is -0.138. The van der Waals surface area contributed by atoms with E-state index in [9.17, 15) is 14.7 Å². The highest BCUT2D eigenvalue weighted by molar-refractivity contribution is 6.11. The lowest BCUT2D eigenvalue weighted by Gasteiger charge is -2.16. The van der Waals surface area contributed by atoms with Gasteiger partial charge in [0, 0.05) is 23.6 Å². The van der Waals surface area contributed by atoms with Crippen LogP contribution in [-0.4, -0.2) is 38.1 Å². The Morgan fingerprint density at radius 3 is 2.76 bits per heavy atom. The van der Waals surface area contributed by atoms with Crippen LogP contribution in [0.15, 0.2) is 36.5 Å². The molecule has 126 valence electrons. The van der Waals surface area contributed by atoms with Gasteiger partial charge in [-0.2, -0.15) is 5.10 Å². The van der Waals surface area contributed by atoms with E-state index in [-0.39, 0.29) is 12.5 Å². The van der Waals surface area contributed by atoms with Crippen molar-refractivity contribution in [3.05, 3.63) is 59.0 Å². The van der Waals surface area contributed by atoms with Crippen LogP contribution in [0.4, 0.5) is 5.69 Å². The molecule has 4 rings (SSSR count). The fourth-order valence-electron chi connectivity index (χ4n) is 3.38. The van der Waals surface area contributed by atoms with E-state index < -0.39 is 11.9 Å². The first kappa shape index (κ1) is 15.3. The third kappa shape index (κ3) is 2.27. The molecule has 0 unspecified atom stereocenters. The van der Waals surface area contributed by atoms with Gasteiger partial charge < -0.3 is 10.0 Å². The lowest BCUT2D eigenvalue weighted by atomic mass is 10.0. The van der Waals surface area contributed by atoms with Crippen molar-refractivity contribution in [3.63, 3.8) is 0 Å². The second kappa shape index (κ2) is 5.41. The van der Waals surface area contributed by atoms with E-state index in [1.54, 1.807) is 28.8 Å². The minimum atomic E-state index is -0.938. The first-order valence-corrected chi connectivity index (χ1v) is 7.93. The highest BCUT2D eigenvalue weighted by Gasteiger charge is 2.37. The van der Waals surface area contributed by atoms with Crippen molar-refractivity contribution in [1.29, 1.82) is 0 Å². The highest BCUT2D eigenvalue weighted by Crippen LogP contribution is 2.37. The van der Waals surface area contributed by atoms with E-state index in [4.69, 9.17) is 0 Å². The minimum absolute atomic E-state index is 0.107. The number of nitrogens with zero attached hydrogens (tertiary/aromatic N) is 4. The van der Waals surface area contributed by atoms with Crippen LogP contribution in [-0.2, 0) is 4.79 Å². The van der Waals surface area contributed by atoms with Gasteiger partial charge in [-0.3, -0.25) is 9.59 Å². The van der Waals surface area contributed by atoms with Gasteiger partial charge in [-0.05, 0) is 31.5 Å². The number of carbonyl (C=O) groups excluding carboxylic acids is 1. The second-order valence-corrected chi connectivity index (χ2v) is 6.20. The molecule has 1 aromatic carbocycles. The summed E-state index contributed by atoms with van der Waals surface area (Å²) in [5, 5.41) is 13.7. The number of amides is 1. The Balaban J connectivity index is 1.82. The first-order chi connectivity index (χ1) is 12.0. The number of carboxylic acid groups (broad SMARTS) is 1. The number of benzene rings is 1. The standard InChI is InChI=1S/C18H16N4O3/c1-10-7-11(2)22-16(20-10)13(8-19-22)17(23)21-9-14(18(24)25)12-5-3-4-6-15(12)21/h3-8,14H,9H2,1-2H3,(H,24,25)/t14-/m1/s1. The summed E-state index contributed by atoms with van der Waals surface area (Å²) in [7, 11) is 0. The van der Waals surface area contributed by atoms with Crippen LogP contribution in [0.3, 0.4) is 0 Å². The zero-order chi connectivity index (χ0) is 17.7. The number of hydrogen-bond acceptors (Lipinski definition) is 4. The van der Waals surface area contributed by atoms with Gasteiger partial charge in [-0.15, -0.1) is 0 Å². The van der Waals surface area contributed by atoms with Gasteiger partial charge in [-0.1, -0.05) is 18.2 Å². The Labute approximate surface area is 143 Å². The van der Waals surface area contributed by atoms with Gasteiger partial charge in [-0.25, -0.2) is 9.50 Å². The van der Waals surface area contributed by atoms with Crippen molar-refractivity contribution in [2.75, 3.05) is 11.4 Å². The van der Waals surface area contributed by atoms with Crippen LogP contribution in [0.2, 0.25) is 0 Å². The van der Waals surface area contributed by atoms with Gasteiger partial charge in [0.05, 0.1) is 6.20 Å². The molecule has 3 aromatic rings. The van der Waals surface area contributed by atoms with Crippen LogP contribution in [0, 0.1) is 13.8 Å². The molecule has 0 spiro atoms. The molecule has 0 saturated carbocycles. The Kier molecular flexibility index (Phi) is 3.31. The Morgan fingerprint density at radius 1 is 1.24 bits per heavy atom. The molecule has 3 heterocycles. The number of aryl methyl sites for hydroxylation is 2. The summed E-state index contributed by atoms with van der Waals surface area (Å²) in [5.74, 6) is -1.95. The minimum Gasteiger partial charge on any atom is -0.481 e. The number of carboxylic acids is 1. The van der Waals surface area contributed by atoms with E-state index >= 15 is 0 Å². The molecule has 7 heteroatoms. The maximum atomic E-state index is 13.1. The van der Waals surface area contributed by atoms with Crippen molar-refractivity contribution < 1.29 is 14.7 Å². The zero-order valence-corrected chi connectivity index (χ0v) is 13.8.